The highest BCUT2D eigenvalue weighted by atomic mass is 32.2. The number of carbonyl (C=O) groups excluding carboxylic acids is 2. The molecule has 1 saturated carbocycles. The Morgan fingerprint density at radius 3 is 2.48 bits per heavy atom. The molecule has 1 aromatic rings. The summed E-state index contributed by atoms with van der Waals surface area (Å²) >= 11 is 0. The number of nitrogens with zero attached hydrogens (tertiary/aromatic N) is 3. The summed E-state index contributed by atoms with van der Waals surface area (Å²) in [5.74, 6) is -6.33. The maximum atomic E-state index is 13.5. The molecule has 0 radical (unpaired) electrons. The van der Waals surface area contributed by atoms with Gasteiger partial charge in [-0.3, -0.25) is 9.59 Å². The van der Waals surface area contributed by atoms with E-state index >= 15 is 0 Å². The van der Waals surface area contributed by atoms with Crippen molar-refractivity contribution >= 4 is 21.7 Å². The van der Waals surface area contributed by atoms with Crippen molar-refractivity contribution in [2.75, 3.05) is 19.7 Å². The lowest BCUT2D eigenvalue weighted by atomic mass is 9.95. The lowest BCUT2D eigenvalue weighted by Crippen LogP contribution is -2.39. The van der Waals surface area contributed by atoms with Crippen LogP contribution in [0.2, 0.25) is 0 Å². The van der Waals surface area contributed by atoms with Crippen molar-refractivity contribution in [3.8, 4) is 0 Å². The highest BCUT2D eigenvalue weighted by Gasteiger charge is 2.51. The number of halogens is 2. The third-order valence-corrected chi connectivity index (χ3v) is 7.47. The largest absolute Gasteiger partial charge is 0.466 e. The number of ether oxygens (including phenoxy) is 1. The molecule has 0 unspecified atom stereocenters. The van der Waals surface area contributed by atoms with Gasteiger partial charge in [-0.25, -0.2) is 17.2 Å². The van der Waals surface area contributed by atoms with Gasteiger partial charge >= 0.3 is 5.97 Å². The topological polar surface area (TPSA) is 107 Å². The third-order valence-electron chi connectivity index (χ3n) is 5.41. The molecular formula is C18H23F2N3O5S. The molecule has 11 heteroatoms. The Morgan fingerprint density at radius 2 is 1.93 bits per heavy atom. The smallest absolute Gasteiger partial charge is 0.309 e. The summed E-state index contributed by atoms with van der Waals surface area (Å²) < 4.78 is 58.0. The van der Waals surface area contributed by atoms with E-state index in [1.807, 2.05) is 0 Å². The Labute approximate surface area is 167 Å². The molecule has 1 saturated heterocycles. The molecule has 1 amide bonds. The minimum absolute atomic E-state index is 0.0683. The normalized spacial score (nSPS) is 26.5. The number of hydrogen-bond donors (Lipinski definition) is 0. The predicted octanol–water partition coefficient (Wildman–Crippen LogP) is 1.38. The average Bonchev–Trinajstić information content (AvgIpc) is 3.26. The van der Waals surface area contributed by atoms with Gasteiger partial charge in [0.1, 0.15) is 0 Å². The Bertz CT molecular complexity index is 891. The molecule has 1 aliphatic carbocycles. The number of alkyl halides is 2. The van der Waals surface area contributed by atoms with Crippen LogP contribution < -0.4 is 0 Å². The van der Waals surface area contributed by atoms with Crippen LogP contribution in [0.1, 0.15) is 31.9 Å². The average molecular weight is 431 g/mol. The van der Waals surface area contributed by atoms with E-state index in [2.05, 4.69) is 10.2 Å². The van der Waals surface area contributed by atoms with Crippen LogP contribution in [0.3, 0.4) is 0 Å². The van der Waals surface area contributed by atoms with Crippen molar-refractivity contribution in [3.05, 3.63) is 17.8 Å². The first kappa shape index (κ1) is 21.5. The van der Waals surface area contributed by atoms with Crippen LogP contribution in [-0.2, 0) is 24.2 Å². The number of aromatic nitrogens is 2. The van der Waals surface area contributed by atoms with Gasteiger partial charge in [0.15, 0.2) is 14.9 Å². The van der Waals surface area contributed by atoms with E-state index in [4.69, 9.17) is 4.74 Å². The molecule has 29 heavy (non-hydrogen) atoms. The Hall–Kier alpha value is -2.17. The highest BCUT2D eigenvalue weighted by molar-refractivity contribution is 7.92. The van der Waals surface area contributed by atoms with Gasteiger partial charge in [0.2, 0.25) is 5.91 Å². The fourth-order valence-corrected chi connectivity index (χ4v) is 5.57. The molecule has 160 valence electrons. The molecule has 1 aliphatic heterocycles. The maximum absolute atomic E-state index is 13.5. The molecule has 1 aromatic heterocycles. The minimum Gasteiger partial charge on any atom is -0.466 e. The fraction of sp³-hybridized carbons (Fsp3) is 0.667. The molecule has 8 nitrogen and oxygen atoms in total. The van der Waals surface area contributed by atoms with Crippen LogP contribution in [0.4, 0.5) is 8.78 Å². The second-order valence-corrected chi connectivity index (χ2v) is 9.66. The van der Waals surface area contributed by atoms with Crippen molar-refractivity contribution in [3.63, 3.8) is 0 Å². The fourth-order valence-electron chi connectivity index (χ4n) is 3.89. The summed E-state index contributed by atoms with van der Waals surface area (Å²) in [4.78, 5) is 26.3. The Balaban J connectivity index is 1.86. The van der Waals surface area contributed by atoms with Crippen molar-refractivity contribution < 1.29 is 31.5 Å². The molecule has 2 aliphatic rings. The zero-order valence-corrected chi connectivity index (χ0v) is 17.0. The third kappa shape index (κ3) is 4.39. The van der Waals surface area contributed by atoms with Crippen molar-refractivity contribution in [1.82, 2.24) is 15.1 Å². The zero-order valence-electron chi connectivity index (χ0n) is 16.2. The number of amides is 1. The summed E-state index contributed by atoms with van der Waals surface area (Å²) in [6, 6.07) is 2.83. The van der Waals surface area contributed by atoms with E-state index in [1.54, 1.807) is 13.8 Å². The molecule has 2 heterocycles. The zero-order chi connectivity index (χ0) is 21.4. The van der Waals surface area contributed by atoms with Crippen molar-refractivity contribution in [2.24, 2.45) is 11.8 Å². The highest BCUT2D eigenvalue weighted by Crippen LogP contribution is 2.41. The van der Waals surface area contributed by atoms with Gasteiger partial charge < -0.3 is 9.64 Å². The van der Waals surface area contributed by atoms with E-state index in [0.717, 1.165) is 4.90 Å². The van der Waals surface area contributed by atoms with Crippen LogP contribution in [0.25, 0.3) is 0 Å². The summed E-state index contributed by atoms with van der Waals surface area (Å²) in [7, 11) is -3.95. The van der Waals surface area contributed by atoms with Crippen molar-refractivity contribution in [1.29, 1.82) is 0 Å². The summed E-state index contributed by atoms with van der Waals surface area (Å²) in [5.41, 5.74) is 0.544. The van der Waals surface area contributed by atoms with Gasteiger partial charge in [-0.05, 0) is 38.8 Å². The standard InChI is InChI=1S/C18H23F2N3O5S/c1-3-28-17(25)14-9-12(29(26,27)15-5-4-11(2)21-22-15)8-13(14)16(24)23-7-6-18(19,20)10-23/h4-5,12-14H,3,6-10H2,1-2H3/t12-,13+,14+/m0/s1. The number of sulfone groups is 1. The SMILES string of the molecule is CCOC(=O)[C@@H]1C[C@@H](S(=O)(=O)c2ccc(C)nn2)C[C@H]1C(=O)N1CCC(F)(F)C1. The lowest BCUT2D eigenvalue weighted by molar-refractivity contribution is -0.153. The van der Waals surface area contributed by atoms with Gasteiger partial charge in [-0.1, -0.05) is 0 Å². The number of rotatable bonds is 5. The second kappa shape index (κ2) is 7.92. The maximum Gasteiger partial charge on any atom is 0.309 e. The van der Waals surface area contributed by atoms with Crippen LogP contribution in [0, 0.1) is 18.8 Å². The number of esters is 1. The Morgan fingerprint density at radius 1 is 1.24 bits per heavy atom. The molecule has 0 bridgehead atoms. The van der Waals surface area contributed by atoms with Gasteiger partial charge in [0.05, 0.1) is 35.9 Å². The molecule has 0 N–H and O–H groups in total. The van der Waals surface area contributed by atoms with Crippen molar-refractivity contribution in [2.45, 2.75) is 49.3 Å². The van der Waals surface area contributed by atoms with Gasteiger partial charge in [0.25, 0.3) is 5.92 Å². The molecule has 0 aromatic carbocycles. The molecule has 2 fully saturated rings. The van der Waals surface area contributed by atoms with E-state index < -0.39 is 57.7 Å². The van der Waals surface area contributed by atoms with Gasteiger partial charge in [-0.15, -0.1) is 5.10 Å². The van der Waals surface area contributed by atoms with Crippen LogP contribution >= 0.6 is 0 Å². The first-order valence-corrected chi connectivity index (χ1v) is 11.0. The molecule has 0 spiro atoms. The number of aryl methyl sites for hydroxylation is 1. The number of hydrogen-bond acceptors (Lipinski definition) is 7. The quantitative estimate of drug-likeness (QED) is 0.649. The van der Waals surface area contributed by atoms with E-state index in [9.17, 15) is 26.8 Å². The monoisotopic (exact) mass is 431 g/mol. The Kier molecular flexibility index (Phi) is 5.88. The van der Waals surface area contributed by atoms with Gasteiger partial charge in [0, 0.05) is 13.0 Å². The van der Waals surface area contributed by atoms with E-state index in [-0.39, 0.29) is 31.0 Å². The lowest BCUT2D eigenvalue weighted by Gasteiger charge is -2.23. The summed E-state index contributed by atoms with van der Waals surface area (Å²) in [6.45, 7) is 2.48. The molecule has 3 atom stereocenters. The summed E-state index contributed by atoms with van der Waals surface area (Å²) in [6.07, 6.45) is -0.726. The van der Waals surface area contributed by atoms with Crippen LogP contribution in [0.5, 0.6) is 0 Å². The molecular weight excluding hydrogens is 408 g/mol. The van der Waals surface area contributed by atoms with Gasteiger partial charge in [-0.2, -0.15) is 5.10 Å². The first-order valence-electron chi connectivity index (χ1n) is 9.42. The first-order chi connectivity index (χ1) is 13.5. The minimum atomic E-state index is -3.95. The van der Waals surface area contributed by atoms with E-state index in [1.165, 1.54) is 12.1 Å². The summed E-state index contributed by atoms with van der Waals surface area (Å²) in [5, 5.41) is 6.18. The van der Waals surface area contributed by atoms with E-state index in [0.29, 0.717) is 5.69 Å². The number of likely N-dealkylation sites (tertiary alicyclic amines) is 1. The van der Waals surface area contributed by atoms with Crippen LogP contribution in [0.15, 0.2) is 17.2 Å². The predicted molar refractivity (Wildman–Crippen MR) is 96.7 cm³/mol. The molecule has 3 rings (SSSR count). The number of carbonyl (C=O) groups is 2. The second-order valence-electron chi connectivity index (χ2n) is 7.48. The van der Waals surface area contributed by atoms with Crippen LogP contribution in [-0.4, -0.2) is 66.3 Å².